The number of aromatic nitrogens is 2. The van der Waals surface area contributed by atoms with Crippen LogP contribution in [0.4, 0.5) is 17.6 Å². The maximum Gasteiger partial charge on any atom is 0.223 e. The molecule has 2 rings (SSSR count). The van der Waals surface area contributed by atoms with Crippen LogP contribution >= 0.6 is 0 Å². The summed E-state index contributed by atoms with van der Waals surface area (Å²) in [4.78, 5) is 8.10. The van der Waals surface area contributed by atoms with Crippen molar-refractivity contribution in [3.05, 3.63) is 6.07 Å². The van der Waals surface area contributed by atoms with Gasteiger partial charge < -0.3 is 16.5 Å². The number of nitrogen functional groups attached to an aromatic ring is 2. The molecule has 0 bridgehead atoms. The van der Waals surface area contributed by atoms with Crippen LogP contribution in [-0.2, 0) is 0 Å². The molecule has 0 aliphatic heterocycles. The Kier molecular flexibility index (Phi) is 3.06. The van der Waals surface area contributed by atoms with Gasteiger partial charge >= 0.3 is 0 Å². The zero-order chi connectivity index (χ0) is 12.5. The first-order valence-electron chi connectivity index (χ1n) is 5.86. The summed E-state index contributed by atoms with van der Waals surface area (Å²) in [6, 6.07) is 2.21. The molecule has 0 amide bonds. The molecule has 1 unspecified atom stereocenters. The van der Waals surface area contributed by atoms with E-state index in [9.17, 15) is 0 Å². The lowest BCUT2D eigenvalue weighted by Crippen LogP contribution is -2.19. The molecule has 0 radical (unpaired) electrons. The van der Waals surface area contributed by atoms with E-state index in [1.807, 2.05) is 0 Å². The zero-order valence-electron chi connectivity index (χ0n) is 10.3. The van der Waals surface area contributed by atoms with Crippen LogP contribution in [0.2, 0.25) is 0 Å². The minimum atomic E-state index is 0.222. The number of nitrogens with two attached hydrogens (primary N) is 2. The summed E-state index contributed by atoms with van der Waals surface area (Å²) in [5.41, 5.74) is 8.49. The van der Waals surface area contributed by atoms with Gasteiger partial charge in [0.05, 0.1) is 0 Å². The average Bonchev–Trinajstić information content (AvgIpc) is 2.57. The van der Waals surface area contributed by atoms with Crippen molar-refractivity contribution in [2.45, 2.75) is 39.2 Å². The molecule has 17 heavy (non-hydrogen) atoms. The Labute approximate surface area is 101 Å². The molecule has 0 aromatic carbocycles. The van der Waals surface area contributed by atoms with E-state index in [1.165, 1.54) is 6.42 Å². The smallest absolute Gasteiger partial charge is 0.223 e. The molecule has 6 heteroatoms. The fourth-order valence-electron chi connectivity index (χ4n) is 2.38. The van der Waals surface area contributed by atoms with Gasteiger partial charge in [0.25, 0.3) is 0 Å². The predicted molar refractivity (Wildman–Crippen MR) is 69.3 cm³/mol. The zero-order valence-corrected chi connectivity index (χ0v) is 10.3. The normalized spacial score (nSPS) is 22.4. The average molecular weight is 236 g/mol. The van der Waals surface area contributed by atoms with E-state index in [-0.39, 0.29) is 5.95 Å². The Bertz CT molecular complexity index is 403. The molecular weight excluding hydrogens is 216 g/mol. The van der Waals surface area contributed by atoms with Crippen LogP contribution in [0.5, 0.6) is 0 Å². The molecule has 1 aliphatic carbocycles. The van der Waals surface area contributed by atoms with Crippen LogP contribution < -0.4 is 22.3 Å². The van der Waals surface area contributed by atoms with E-state index in [2.05, 4.69) is 34.6 Å². The van der Waals surface area contributed by atoms with Gasteiger partial charge in [-0.2, -0.15) is 9.97 Å². The first-order chi connectivity index (χ1) is 7.98. The third-order valence-corrected chi connectivity index (χ3v) is 3.21. The van der Waals surface area contributed by atoms with Crippen molar-refractivity contribution in [3.8, 4) is 0 Å². The lowest BCUT2D eigenvalue weighted by molar-refractivity contribution is 0.378. The maximum atomic E-state index is 5.60. The molecule has 1 atom stereocenters. The van der Waals surface area contributed by atoms with Crippen LogP contribution in [-0.4, -0.2) is 16.0 Å². The van der Waals surface area contributed by atoms with Gasteiger partial charge in [0.2, 0.25) is 5.95 Å². The number of hydrazine groups is 1. The number of hydrogen-bond acceptors (Lipinski definition) is 6. The minimum absolute atomic E-state index is 0.222. The molecule has 6 nitrogen and oxygen atoms in total. The quantitative estimate of drug-likeness (QED) is 0.466. The number of nitrogens with one attached hydrogen (secondary N) is 2. The molecule has 0 spiro atoms. The van der Waals surface area contributed by atoms with Crippen molar-refractivity contribution in [1.82, 2.24) is 9.97 Å². The van der Waals surface area contributed by atoms with E-state index in [0.29, 0.717) is 17.3 Å². The monoisotopic (exact) mass is 236 g/mol. The number of hydrogen-bond donors (Lipinski definition) is 4. The Morgan fingerprint density at radius 1 is 1.35 bits per heavy atom. The molecular formula is C11H20N6. The highest BCUT2D eigenvalue weighted by Crippen LogP contribution is 2.38. The predicted octanol–water partition coefficient (Wildman–Crippen LogP) is 1.33. The minimum Gasteiger partial charge on any atom is -0.368 e. The Hall–Kier alpha value is -1.56. The molecule has 1 saturated carbocycles. The van der Waals surface area contributed by atoms with Crippen molar-refractivity contribution in [3.63, 3.8) is 0 Å². The van der Waals surface area contributed by atoms with Gasteiger partial charge in [-0.05, 0) is 24.7 Å². The molecule has 1 aliphatic rings. The SMILES string of the molecule is CC1(C)CCC(Nc2cc(NN)nc(N)n2)C1. The molecule has 0 saturated heterocycles. The van der Waals surface area contributed by atoms with Gasteiger partial charge in [-0.1, -0.05) is 13.8 Å². The van der Waals surface area contributed by atoms with Crippen LogP contribution in [0.3, 0.4) is 0 Å². The maximum absolute atomic E-state index is 5.60. The first kappa shape index (κ1) is 11.9. The number of rotatable bonds is 3. The van der Waals surface area contributed by atoms with Crippen molar-refractivity contribution in [1.29, 1.82) is 0 Å². The third kappa shape index (κ3) is 2.97. The van der Waals surface area contributed by atoms with Gasteiger partial charge in [-0.3, -0.25) is 0 Å². The van der Waals surface area contributed by atoms with Crippen LogP contribution in [0.1, 0.15) is 33.1 Å². The molecule has 1 aromatic rings. The lowest BCUT2D eigenvalue weighted by atomic mass is 9.92. The lowest BCUT2D eigenvalue weighted by Gasteiger charge is -2.18. The van der Waals surface area contributed by atoms with E-state index in [1.54, 1.807) is 6.07 Å². The standard InChI is InChI=1S/C11H20N6/c1-11(2)4-3-7(6-11)14-8-5-9(17-13)16-10(12)15-8/h5,7H,3-4,6,13H2,1-2H3,(H4,12,14,15,16,17). The summed E-state index contributed by atoms with van der Waals surface area (Å²) in [5.74, 6) is 6.79. The second kappa shape index (κ2) is 4.37. The summed E-state index contributed by atoms with van der Waals surface area (Å²) < 4.78 is 0. The van der Waals surface area contributed by atoms with Crippen molar-refractivity contribution >= 4 is 17.6 Å². The van der Waals surface area contributed by atoms with E-state index in [4.69, 9.17) is 11.6 Å². The summed E-state index contributed by atoms with van der Waals surface area (Å²) in [5, 5.41) is 3.39. The summed E-state index contributed by atoms with van der Waals surface area (Å²) in [6.45, 7) is 4.58. The van der Waals surface area contributed by atoms with Gasteiger partial charge in [0.15, 0.2) is 0 Å². The highest BCUT2D eigenvalue weighted by Gasteiger charge is 2.30. The van der Waals surface area contributed by atoms with Crippen LogP contribution in [0, 0.1) is 5.41 Å². The van der Waals surface area contributed by atoms with Crippen LogP contribution in [0.15, 0.2) is 6.07 Å². The second-order valence-electron chi connectivity index (χ2n) is 5.39. The highest BCUT2D eigenvalue weighted by molar-refractivity contribution is 5.50. The number of nitrogens with zero attached hydrogens (tertiary/aromatic N) is 2. The fourth-order valence-corrected chi connectivity index (χ4v) is 2.38. The molecule has 6 N–H and O–H groups in total. The molecule has 94 valence electrons. The van der Waals surface area contributed by atoms with Crippen molar-refractivity contribution in [2.24, 2.45) is 11.3 Å². The van der Waals surface area contributed by atoms with Crippen molar-refractivity contribution in [2.75, 3.05) is 16.5 Å². The third-order valence-electron chi connectivity index (χ3n) is 3.21. The van der Waals surface area contributed by atoms with E-state index >= 15 is 0 Å². The molecule has 1 heterocycles. The van der Waals surface area contributed by atoms with Gasteiger partial charge in [-0.25, -0.2) is 5.84 Å². The summed E-state index contributed by atoms with van der Waals surface area (Å²) >= 11 is 0. The molecule has 1 aromatic heterocycles. The fraction of sp³-hybridized carbons (Fsp3) is 0.636. The topological polar surface area (TPSA) is 102 Å². The second-order valence-corrected chi connectivity index (χ2v) is 5.39. The Morgan fingerprint density at radius 2 is 2.06 bits per heavy atom. The van der Waals surface area contributed by atoms with E-state index in [0.717, 1.165) is 18.7 Å². The summed E-state index contributed by atoms with van der Waals surface area (Å²) in [6.07, 6.45) is 3.53. The Morgan fingerprint density at radius 3 is 2.65 bits per heavy atom. The van der Waals surface area contributed by atoms with E-state index < -0.39 is 0 Å². The Balaban J connectivity index is 2.06. The molecule has 1 fully saturated rings. The van der Waals surface area contributed by atoms with Crippen molar-refractivity contribution < 1.29 is 0 Å². The van der Waals surface area contributed by atoms with Gasteiger partial charge in [-0.15, -0.1) is 0 Å². The van der Waals surface area contributed by atoms with Crippen LogP contribution in [0.25, 0.3) is 0 Å². The summed E-state index contributed by atoms with van der Waals surface area (Å²) in [7, 11) is 0. The number of anilines is 3. The van der Waals surface area contributed by atoms with Gasteiger partial charge in [0.1, 0.15) is 11.6 Å². The highest BCUT2D eigenvalue weighted by atomic mass is 15.3. The first-order valence-corrected chi connectivity index (χ1v) is 5.86. The largest absolute Gasteiger partial charge is 0.368 e. The van der Waals surface area contributed by atoms with Gasteiger partial charge in [0, 0.05) is 12.1 Å².